The molecule has 0 bridgehead atoms. The highest BCUT2D eigenvalue weighted by Crippen LogP contribution is 2.22. The second-order valence-electron chi connectivity index (χ2n) is 6.66. The molecule has 3 rings (SSSR count). The highest BCUT2D eigenvalue weighted by molar-refractivity contribution is 6.58. The zero-order valence-corrected chi connectivity index (χ0v) is 14.9. The number of anilines is 2. The first kappa shape index (κ1) is 18.4. The third-order valence-electron chi connectivity index (χ3n) is 4.38. The summed E-state index contributed by atoms with van der Waals surface area (Å²) in [6.07, 6.45) is 0.386. The Labute approximate surface area is 153 Å². The van der Waals surface area contributed by atoms with Crippen LogP contribution in [-0.4, -0.2) is 48.4 Å². The van der Waals surface area contributed by atoms with E-state index in [9.17, 15) is 4.79 Å². The zero-order valence-electron chi connectivity index (χ0n) is 14.9. The van der Waals surface area contributed by atoms with Crippen LogP contribution in [0.1, 0.15) is 24.2 Å². The first-order valence-corrected chi connectivity index (χ1v) is 8.70. The quantitative estimate of drug-likeness (QED) is 0.720. The Morgan fingerprint density at radius 2 is 1.62 bits per heavy atom. The van der Waals surface area contributed by atoms with Gasteiger partial charge in [-0.1, -0.05) is 12.1 Å². The lowest BCUT2D eigenvalue weighted by molar-refractivity contribution is -0.00521. The van der Waals surface area contributed by atoms with E-state index in [2.05, 4.69) is 24.1 Å². The first-order chi connectivity index (χ1) is 12.4. The van der Waals surface area contributed by atoms with E-state index >= 15 is 0 Å². The number of rotatable bonds is 4. The molecule has 2 aromatic carbocycles. The molecule has 0 saturated carbocycles. The van der Waals surface area contributed by atoms with Crippen LogP contribution in [0, 0.1) is 0 Å². The summed E-state index contributed by atoms with van der Waals surface area (Å²) in [5.41, 5.74) is 2.61. The summed E-state index contributed by atoms with van der Waals surface area (Å²) in [4.78, 5) is 14.6. The van der Waals surface area contributed by atoms with Gasteiger partial charge in [-0.3, -0.25) is 4.79 Å². The minimum Gasteiger partial charge on any atom is -0.423 e. The second-order valence-corrected chi connectivity index (χ2v) is 6.66. The number of nitrogens with zero attached hydrogens (tertiary/aromatic N) is 1. The van der Waals surface area contributed by atoms with Gasteiger partial charge in [-0.15, -0.1) is 0 Å². The molecule has 1 aliphatic heterocycles. The molecule has 1 heterocycles. The summed E-state index contributed by atoms with van der Waals surface area (Å²) in [5.74, 6) is -0.245. The summed E-state index contributed by atoms with van der Waals surface area (Å²) < 4.78 is 5.76. The summed E-state index contributed by atoms with van der Waals surface area (Å²) in [5, 5.41) is 21.0. The molecule has 136 valence electrons. The average Bonchev–Trinajstić information content (AvgIpc) is 2.61. The van der Waals surface area contributed by atoms with Gasteiger partial charge >= 0.3 is 7.12 Å². The molecule has 3 N–H and O–H groups in total. The van der Waals surface area contributed by atoms with Crippen LogP contribution in [0.2, 0.25) is 0 Å². The fraction of sp³-hybridized carbons (Fsp3) is 0.316. The predicted octanol–water partition coefficient (Wildman–Crippen LogP) is 1.23. The SMILES string of the molecule is C[C@@H]1CN(c2ccc(NC(=O)c3ccc(B(O)O)cc3)cc2)C[C@H](C)O1. The van der Waals surface area contributed by atoms with E-state index in [0.29, 0.717) is 16.7 Å². The highest BCUT2D eigenvalue weighted by Gasteiger charge is 2.22. The van der Waals surface area contributed by atoms with Gasteiger partial charge in [0.25, 0.3) is 5.91 Å². The van der Waals surface area contributed by atoms with Crippen molar-refractivity contribution in [3.63, 3.8) is 0 Å². The van der Waals surface area contributed by atoms with Gasteiger partial charge in [0.05, 0.1) is 12.2 Å². The minimum absolute atomic E-state index is 0.193. The molecule has 7 heteroatoms. The van der Waals surface area contributed by atoms with Gasteiger partial charge in [0.1, 0.15) is 0 Å². The lowest BCUT2D eigenvalue weighted by atomic mass is 9.80. The van der Waals surface area contributed by atoms with E-state index in [4.69, 9.17) is 14.8 Å². The van der Waals surface area contributed by atoms with E-state index in [0.717, 1.165) is 18.8 Å². The summed E-state index contributed by atoms with van der Waals surface area (Å²) in [6, 6.07) is 13.9. The van der Waals surface area contributed by atoms with Crippen molar-refractivity contribution >= 4 is 29.9 Å². The number of benzene rings is 2. The van der Waals surface area contributed by atoms with Crippen LogP contribution in [-0.2, 0) is 4.74 Å². The Bertz CT molecular complexity index is 739. The van der Waals surface area contributed by atoms with E-state index in [1.54, 1.807) is 12.1 Å². The van der Waals surface area contributed by atoms with Gasteiger partial charge in [0, 0.05) is 30.0 Å². The number of morpholine rings is 1. The molecule has 1 aliphatic rings. The number of hydrogen-bond acceptors (Lipinski definition) is 5. The molecule has 26 heavy (non-hydrogen) atoms. The minimum atomic E-state index is -1.54. The van der Waals surface area contributed by atoms with Gasteiger partial charge in [-0.25, -0.2) is 0 Å². The van der Waals surface area contributed by atoms with Crippen molar-refractivity contribution < 1.29 is 19.6 Å². The Kier molecular flexibility index (Phi) is 5.61. The van der Waals surface area contributed by atoms with Crippen molar-refractivity contribution in [2.75, 3.05) is 23.3 Å². The number of ether oxygens (including phenoxy) is 1. The molecule has 6 nitrogen and oxygen atoms in total. The summed E-state index contributed by atoms with van der Waals surface area (Å²) in [6.45, 7) is 5.83. The van der Waals surface area contributed by atoms with Gasteiger partial charge in [-0.05, 0) is 55.7 Å². The molecule has 0 radical (unpaired) electrons. The second kappa shape index (κ2) is 7.91. The standard InChI is InChI=1S/C19H23BN2O4/c1-13-11-22(12-14(2)26-13)18-9-7-17(8-10-18)21-19(23)15-3-5-16(6-4-15)20(24)25/h3-10,13-14,24-25H,11-12H2,1-2H3,(H,21,23)/t13-,14+. The molecule has 0 spiro atoms. The number of carbonyl (C=O) groups excluding carboxylic acids is 1. The van der Waals surface area contributed by atoms with Crippen LogP contribution < -0.4 is 15.7 Å². The molecule has 0 unspecified atom stereocenters. The monoisotopic (exact) mass is 354 g/mol. The lowest BCUT2D eigenvalue weighted by Gasteiger charge is -2.36. The molecule has 0 aromatic heterocycles. The van der Waals surface area contributed by atoms with E-state index in [-0.39, 0.29) is 18.1 Å². The maximum atomic E-state index is 12.3. The first-order valence-electron chi connectivity index (χ1n) is 8.70. The Hall–Kier alpha value is -2.35. The Morgan fingerprint density at radius 3 is 2.15 bits per heavy atom. The maximum Gasteiger partial charge on any atom is 0.488 e. The number of nitrogens with one attached hydrogen (secondary N) is 1. The predicted molar refractivity (Wildman–Crippen MR) is 103 cm³/mol. The smallest absolute Gasteiger partial charge is 0.423 e. The Morgan fingerprint density at radius 1 is 1.04 bits per heavy atom. The van der Waals surface area contributed by atoms with Crippen LogP contribution in [0.15, 0.2) is 48.5 Å². The van der Waals surface area contributed by atoms with Crippen LogP contribution in [0.25, 0.3) is 0 Å². The van der Waals surface area contributed by atoms with Crippen LogP contribution >= 0.6 is 0 Å². The van der Waals surface area contributed by atoms with Crippen LogP contribution in [0.5, 0.6) is 0 Å². The largest absolute Gasteiger partial charge is 0.488 e. The topological polar surface area (TPSA) is 82.0 Å². The van der Waals surface area contributed by atoms with Gasteiger partial charge in [0.15, 0.2) is 0 Å². The van der Waals surface area contributed by atoms with Crippen molar-refractivity contribution in [2.45, 2.75) is 26.1 Å². The molecular formula is C19H23BN2O4. The van der Waals surface area contributed by atoms with Gasteiger partial charge < -0.3 is 25.0 Å². The van der Waals surface area contributed by atoms with Crippen molar-refractivity contribution in [1.29, 1.82) is 0 Å². The number of amides is 1. The average molecular weight is 354 g/mol. The Balaban J connectivity index is 1.64. The normalized spacial score (nSPS) is 19.9. The summed E-state index contributed by atoms with van der Waals surface area (Å²) in [7, 11) is -1.54. The van der Waals surface area contributed by atoms with E-state index in [1.165, 1.54) is 12.1 Å². The van der Waals surface area contributed by atoms with Gasteiger partial charge in [-0.2, -0.15) is 0 Å². The zero-order chi connectivity index (χ0) is 18.7. The fourth-order valence-corrected chi connectivity index (χ4v) is 3.15. The fourth-order valence-electron chi connectivity index (χ4n) is 3.15. The summed E-state index contributed by atoms with van der Waals surface area (Å²) >= 11 is 0. The molecule has 1 amide bonds. The van der Waals surface area contributed by atoms with Crippen molar-refractivity contribution in [3.05, 3.63) is 54.1 Å². The molecular weight excluding hydrogens is 331 g/mol. The lowest BCUT2D eigenvalue weighted by Crippen LogP contribution is -2.45. The van der Waals surface area contributed by atoms with Crippen LogP contribution in [0.4, 0.5) is 11.4 Å². The van der Waals surface area contributed by atoms with Crippen molar-refractivity contribution in [3.8, 4) is 0 Å². The van der Waals surface area contributed by atoms with E-state index in [1.807, 2.05) is 24.3 Å². The van der Waals surface area contributed by atoms with Crippen molar-refractivity contribution in [1.82, 2.24) is 0 Å². The number of carbonyl (C=O) groups is 1. The van der Waals surface area contributed by atoms with Crippen molar-refractivity contribution in [2.24, 2.45) is 0 Å². The maximum absolute atomic E-state index is 12.3. The number of hydrogen-bond donors (Lipinski definition) is 3. The van der Waals surface area contributed by atoms with E-state index < -0.39 is 7.12 Å². The molecule has 1 fully saturated rings. The third-order valence-corrected chi connectivity index (χ3v) is 4.38. The molecule has 0 aliphatic carbocycles. The third kappa shape index (κ3) is 4.43. The van der Waals surface area contributed by atoms with Gasteiger partial charge in [0.2, 0.25) is 0 Å². The highest BCUT2D eigenvalue weighted by atomic mass is 16.5. The molecule has 2 aromatic rings. The van der Waals surface area contributed by atoms with Crippen LogP contribution in [0.3, 0.4) is 0 Å². The molecule has 1 saturated heterocycles. The molecule has 2 atom stereocenters.